The monoisotopic (exact) mass is 1120 g/mol. The van der Waals surface area contributed by atoms with Crippen LogP contribution < -0.4 is 11.1 Å². The number of aliphatic hydroxyl groups excluding tert-OH is 1. The molecular formula is C45H43F10IN4O6S2. The molecule has 2 saturated heterocycles. The summed E-state index contributed by atoms with van der Waals surface area (Å²) in [5, 5.41) is 12.9. The van der Waals surface area contributed by atoms with Crippen LogP contribution in [0.3, 0.4) is 0 Å². The Labute approximate surface area is 403 Å². The highest BCUT2D eigenvalue weighted by atomic mass is 127. The second-order valence-electron chi connectivity index (χ2n) is 15.3. The number of rotatable bonds is 9. The van der Waals surface area contributed by atoms with Gasteiger partial charge in [-0.15, -0.1) is 22.7 Å². The van der Waals surface area contributed by atoms with Crippen LogP contribution in [0, 0.1) is 11.6 Å². The van der Waals surface area contributed by atoms with Gasteiger partial charge in [0.05, 0.1) is 48.2 Å². The highest BCUT2D eigenvalue weighted by molar-refractivity contribution is 14.1. The van der Waals surface area contributed by atoms with Crippen LogP contribution in [0.25, 0.3) is 42.4 Å². The Morgan fingerprint density at radius 2 is 1.12 bits per heavy atom. The van der Waals surface area contributed by atoms with Crippen molar-refractivity contribution in [2.45, 2.75) is 71.3 Å². The van der Waals surface area contributed by atoms with Crippen LogP contribution >= 0.6 is 45.3 Å². The van der Waals surface area contributed by atoms with E-state index in [-0.39, 0.29) is 92.6 Å². The number of carbonyl (C=O) groups is 2. The second-order valence-corrected chi connectivity index (χ2v) is 17.1. The number of likely N-dealkylation sites (tertiary alicyclic amines) is 2. The van der Waals surface area contributed by atoms with Crippen molar-refractivity contribution in [3.05, 3.63) is 114 Å². The van der Waals surface area contributed by atoms with Crippen LogP contribution in [0.4, 0.5) is 43.9 Å². The summed E-state index contributed by atoms with van der Waals surface area (Å²) in [4.78, 5) is 56.2. The molecule has 0 aliphatic carbocycles. The van der Waals surface area contributed by atoms with E-state index >= 15 is 0 Å². The number of hydrogen-bond acceptors (Lipinski definition) is 8. The van der Waals surface area contributed by atoms with Gasteiger partial charge in [-0.25, -0.2) is 17.6 Å². The molecule has 6 aromatic rings. The molecule has 2 atom stereocenters. The van der Waals surface area contributed by atoms with Crippen molar-refractivity contribution in [3.63, 3.8) is 0 Å². The summed E-state index contributed by atoms with van der Waals surface area (Å²) in [7, 11) is 1.45. The summed E-state index contributed by atoms with van der Waals surface area (Å²) in [5.74, 6) is -3.76. The molecule has 2 unspecified atom stereocenters. The van der Waals surface area contributed by atoms with Crippen LogP contribution in [0.15, 0.2) is 69.1 Å². The molecule has 2 aromatic carbocycles. The minimum atomic E-state index is -4.92. The Morgan fingerprint density at radius 3 is 1.47 bits per heavy atom. The van der Waals surface area contributed by atoms with E-state index in [2.05, 4.69) is 22.6 Å². The fraction of sp³-hybridized carbons (Fsp3) is 0.378. The molecule has 0 bridgehead atoms. The molecule has 10 nitrogen and oxygen atoms in total. The number of aromatic nitrogens is 2. The molecule has 2 fully saturated rings. The minimum absolute atomic E-state index is 0. The summed E-state index contributed by atoms with van der Waals surface area (Å²) in [6.07, 6.45) is -8.82. The zero-order chi connectivity index (χ0) is 49.1. The number of carbonyl (C=O) groups excluding carboxylic acids is 2. The van der Waals surface area contributed by atoms with E-state index in [4.69, 9.17) is 4.74 Å². The molecule has 2 aliphatic heterocycles. The molecule has 368 valence electrons. The van der Waals surface area contributed by atoms with E-state index in [1.807, 2.05) is 4.93 Å². The summed E-state index contributed by atoms with van der Waals surface area (Å²) in [6.45, 7) is -0.754. The zero-order valence-electron chi connectivity index (χ0n) is 35.3. The molecular weight excluding hydrogens is 1070 g/mol. The van der Waals surface area contributed by atoms with Gasteiger partial charge in [0.1, 0.15) is 37.1 Å². The molecule has 6 heterocycles. The number of fused-ring (bicyclic) bond motifs is 2. The van der Waals surface area contributed by atoms with E-state index in [1.54, 1.807) is 0 Å². The minimum Gasteiger partial charge on any atom is -0.392 e. The van der Waals surface area contributed by atoms with Crippen molar-refractivity contribution >= 4 is 77.3 Å². The third-order valence-electron chi connectivity index (χ3n) is 11.0. The molecule has 0 spiro atoms. The number of ether oxygens (including phenoxy) is 1. The SMILES string of the molecule is C.CI.COCc1cn(CC(=O)N2CCC(F)C2)c(=O)c2c(-c3ccc(F)c(C(F)(F)F)c3)csc12.O=C(Cn1cc(CO)c2scc(-c3ccc(F)c(C(F)(F)F)c3)c2c1=O)N1CCC(F)C1. The quantitative estimate of drug-likeness (QED) is 0.0877. The highest BCUT2D eigenvalue weighted by Gasteiger charge is 2.36. The lowest BCUT2D eigenvalue weighted by molar-refractivity contribution is -0.140. The summed E-state index contributed by atoms with van der Waals surface area (Å²) in [6, 6.07) is 5.00. The maximum atomic E-state index is 13.8. The summed E-state index contributed by atoms with van der Waals surface area (Å²) < 4.78 is 142. The fourth-order valence-corrected chi connectivity index (χ4v) is 9.88. The Balaban J connectivity index is 0.000000242. The van der Waals surface area contributed by atoms with E-state index in [0.717, 1.165) is 37.9 Å². The van der Waals surface area contributed by atoms with Crippen LogP contribution in [-0.4, -0.2) is 86.4 Å². The van der Waals surface area contributed by atoms with Gasteiger partial charge in [-0.3, -0.25) is 19.2 Å². The van der Waals surface area contributed by atoms with Crippen molar-refractivity contribution in [3.8, 4) is 22.3 Å². The predicted molar refractivity (Wildman–Crippen MR) is 248 cm³/mol. The first-order valence-corrected chi connectivity index (χ1v) is 23.9. The summed E-state index contributed by atoms with van der Waals surface area (Å²) in [5.41, 5.74) is -2.88. The lowest BCUT2D eigenvalue weighted by atomic mass is 10.0. The maximum Gasteiger partial charge on any atom is 0.419 e. The molecule has 1 N–H and O–H groups in total. The number of nitrogens with zero attached hydrogens (tertiary/aromatic N) is 4. The predicted octanol–water partition coefficient (Wildman–Crippen LogP) is 10.2. The Kier molecular flexibility index (Phi) is 17.7. The van der Waals surface area contributed by atoms with Gasteiger partial charge in [0.25, 0.3) is 11.1 Å². The highest BCUT2D eigenvalue weighted by Crippen LogP contribution is 2.40. The van der Waals surface area contributed by atoms with Crippen molar-refractivity contribution in [1.29, 1.82) is 0 Å². The number of halogens is 11. The molecule has 0 radical (unpaired) electrons. The number of methoxy groups -OCH3 is 1. The number of amides is 2. The number of thiophene rings is 2. The summed E-state index contributed by atoms with van der Waals surface area (Å²) >= 11 is 4.35. The van der Waals surface area contributed by atoms with Crippen LogP contribution in [0.2, 0.25) is 0 Å². The van der Waals surface area contributed by atoms with Crippen molar-refractivity contribution in [1.82, 2.24) is 18.9 Å². The second kappa shape index (κ2) is 22.3. The first kappa shape index (κ1) is 54.1. The van der Waals surface area contributed by atoms with E-state index in [1.165, 1.54) is 46.1 Å². The molecule has 2 aliphatic rings. The zero-order valence-corrected chi connectivity index (χ0v) is 39.0. The first-order chi connectivity index (χ1) is 31.7. The van der Waals surface area contributed by atoms with Gasteiger partial charge < -0.3 is 28.8 Å². The van der Waals surface area contributed by atoms with Crippen molar-refractivity contribution < 1.29 is 63.3 Å². The smallest absolute Gasteiger partial charge is 0.392 e. The van der Waals surface area contributed by atoms with Crippen LogP contribution in [0.1, 0.15) is 42.5 Å². The van der Waals surface area contributed by atoms with E-state index in [9.17, 15) is 68.2 Å². The van der Waals surface area contributed by atoms with Gasteiger partial charge in [0, 0.05) is 75.0 Å². The van der Waals surface area contributed by atoms with Crippen LogP contribution in [0.5, 0.6) is 0 Å². The topological polar surface area (TPSA) is 114 Å². The number of alkyl halides is 9. The Hall–Kier alpha value is -4.85. The molecule has 68 heavy (non-hydrogen) atoms. The Bertz CT molecular complexity index is 2920. The van der Waals surface area contributed by atoms with E-state index < -0.39 is 83.5 Å². The average molecular weight is 1120 g/mol. The largest absolute Gasteiger partial charge is 0.419 e. The van der Waals surface area contributed by atoms with Gasteiger partial charge in [0.2, 0.25) is 11.8 Å². The van der Waals surface area contributed by atoms with Gasteiger partial charge in [-0.1, -0.05) is 42.2 Å². The van der Waals surface area contributed by atoms with Gasteiger partial charge in [-0.05, 0) is 53.2 Å². The van der Waals surface area contributed by atoms with Gasteiger partial charge in [-0.2, -0.15) is 26.3 Å². The number of pyridine rings is 2. The number of benzene rings is 2. The third-order valence-corrected chi connectivity index (χ3v) is 13.1. The standard InChI is InChI=1S/C22H19F5N2O3S.C21H17F5N2O3S.CH3I.CH4/c1-32-10-13-7-29(9-18(30)28-5-4-14(23)8-28)21(31)19-15(11-33-20(13)19)12-2-3-17(24)16(6-12)22(25,26)27;22-13-3-4-27(7-13)17(30)8-28-6-12(9-29)19-18(20(28)31)14(10-32-19)11-1-2-16(23)15(5-11)21(24,25)26;1-2;/h2-3,6-7,11,14H,4-5,8-10H2,1H3;1-2,5-6,10,13,29H,3-4,7-9H2;1H3;1H4. The van der Waals surface area contributed by atoms with E-state index in [0.29, 0.717) is 44.8 Å². The molecule has 23 heteroatoms. The molecule has 0 saturated carbocycles. The van der Waals surface area contributed by atoms with Gasteiger partial charge in [0.15, 0.2) is 0 Å². The van der Waals surface area contributed by atoms with Crippen molar-refractivity contribution in [2.24, 2.45) is 0 Å². The van der Waals surface area contributed by atoms with Gasteiger partial charge >= 0.3 is 12.4 Å². The lowest BCUT2D eigenvalue weighted by Gasteiger charge is -2.17. The third kappa shape index (κ3) is 11.6. The normalized spacial score (nSPS) is 16.1. The molecule has 8 rings (SSSR count). The molecule has 2 amide bonds. The Morgan fingerprint density at radius 1 is 0.721 bits per heavy atom. The number of aliphatic hydroxyl groups is 1. The maximum absolute atomic E-state index is 13.8. The average Bonchev–Trinajstić information content (AvgIpc) is 4.11. The van der Waals surface area contributed by atoms with Crippen molar-refractivity contribution in [2.75, 3.05) is 38.2 Å². The molecule has 4 aromatic heterocycles. The first-order valence-electron chi connectivity index (χ1n) is 20.0. The van der Waals surface area contributed by atoms with Crippen LogP contribution in [-0.2, 0) is 53.0 Å². The number of hydrogen-bond donors (Lipinski definition) is 1. The lowest BCUT2D eigenvalue weighted by Crippen LogP contribution is -2.35. The fourth-order valence-electron chi connectivity index (χ4n) is 7.74.